The summed E-state index contributed by atoms with van der Waals surface area (Å²) in [4.78, 5) is 0. The minimum Gasteiger partial charge on any atom is -0.309 e. The number of benzene rings is 7. The zero-order valence-corrected chi connectivity index (χ0v) is 25.5. The molecule has 0 radical (unpaired) electrons. The standard InChI is InChI=1S/C31H23N.C13H12/c1-3-9-23(10-4-1)21-24-15-17-25(18-16-24)26-19-20-31-29(22-26)28-13-7-8-14-30(28)32(31)27-11-5-2-6-12-27;1-11-7-9-13(10-8-11)12-5-3-2-4-6-12/h1-20,22H,21H2;2-10H,1H3. The fourth-order valence-corrected chi connectivity index (χ4v) is 6.03. The molecule has 7 aromatic carbocycles. The van der Waals surface area contributed by atoms with Crippen LogP contribution in [0.3, 0.4) is 0 Å². The van der Waals surface area contributed by atoms with Crippen LogP contribution in [0.15, 0.2) is 182 Å². The van der Waals surface area contributed by atoms with Crippen molar-refractivity contribution in [2.45, 2.75) is 13.3 Å². The lowest BCUT2D eigenvalue weighted by molar-refractivity contribution is 1.18. The molecule has 0 aliphatic carbocycles. The minimum atomic E-state index is 0.963. The SMILES string of the molecule is Cc1ccc(-c2ccccc2)cc1.c1ccc(Cc2ccc(-c3ccc4c(c3)c3ccccc3n4-c3ccccc3)cc2)cc1. The number of aryl methyl sites for hydroxylation is 1. The van der Waals surface area contributed by atoms with Gasteiger partial charge in [-0.2, -0.15) is 0 Å². The van der Waals surface area contributed by atoms with E-state index in [0.717, 1.165) is 6.42 Å². The van der Waals surface area contributed by atoms with E-state index in [-0.39, 0.29) is 0 Å². The number of para-hydroxylation sites is 2. The van der Waals surface area contributed by atoms with Crippen molar-refractivity contribution in [3.8, 4) is 27.9 Å². The van der Waals surface area contributed by atoms with Crippen LogP contribution in [0.5, 0.6) is 0 Å². The first-order valence-electron chi connectivity index (χ1n) is 15.6. The van der Waals surface area contributed by atoms with E-state index in [2.05, 4.69) is 187 Å². The summed E-state index contributed by atoms with van der Waals surface area (Å²) in [7, 11) is 0. The molecule has 0 aliphatic rings. The topological polar surface area (TPSA) is 4.93 Å². The van der Waals surface area contributed by atoms with Crippen LogP contribution >= 0.6 is 0 Å². The Labute approximate surface area is 265 Å². The molecule has 8 aromatic rings. The molecule has 45 heavy (non-hydrogen) atoms. The van der Waals surface area contributed by atoms with Crippen LogP contribution in [0.1, 0.15) is 16.7 Å². The fraction of sp³-hybridized carbons (Fsp3) is 0.0455. The van der Waals surface area contributed by atoms with Gasteiger partial charge in [-0.1, -0.05) is 157 Å². The van der Waals surface area contributed by atoms with E-state index >= 15 is 0 Å². The highest BCUT2D eigenvalue weighted by molar-refractivity contribution is 6.10. The van der Waals surface area contributed by atoms with Crippen LogP contribution in [0.2, 0.25) is 0 Å². The van der Waals surface area contributed by atoms with Gasteiger partial charge in [0.2, 0.25) is 0 Å². The summed E-state index contributed by atoms with van der Waals surface area (Å²) in [5.74, 6) is 0. The van der Waals surface area contributed by atoms with E-state index in [0.29, 0.717) is 0 Å². The molecule has 0 unspecified atom stereocenters. The highest BCUT2D eigenvalue weighted by atomic mass is 15.0. The van der Waals surface area contributed by atoms with E-state index in [1.807, 2.05) is 6.07 Å². The lowest BCUT2D eigenvalue weighted by Gasteiger charge is -2.08. The number of nitrogens with zero attached hydrogens (tertiary/aromatic N) is 1. The molecular weight excluding hydrogens is 542 g/mol. The summed E-state index contributed by atoms with van der Waals surface area (Å²) in [6, 6.07) is 64.8. The highest BCUT2D eigenvalue weighted by Crippen LogP contribution is 2.35. The smallest absolute Gasteiger partial charge is 0.0541 e. The molecule has 0 amide bonds. The monoisotopic (exact) mass is 577 g/mol. The maximum atomic E-state index is 2.36. The Hall–Kier alpha value is -5.66. The van der Waals surface area contributed by atoms with Crippen molar-refractivity contribution in [3.63, 3.8) is 0 Å². The summed E-state index contributed by atoms with van der Waals surface area (Å²) < 4.78 is 2.36. The second kappa shape index (κ2) is 12.9. The Bertz CT molecular complexity index is 2140. The van der Waals surface area contributed by atoms with Gasteiger partial charge in [-0.25, -0.2) is 0 Å². The van der Waals surface area contributed by atoms with E-state index in [1.165, 1.54) is 66.4 Å². The first-order valence-corrected chi connectivity index (χ1v) is 15.6. The van der Waals surface area contributed by atoms with Crippen molar-refractivity contribution in [2.75, 3.05) is 0 Å². The van der Waals surface area contributed by atoms with Crippen molar-refractivity contribution in [2.24, 2.45) is 0 Å². The van der Waals surface area contributed by atoms with Crippen molar-refractivity contribution in [1.82, 2.24) is 4.57 Å². The average molecular weight is 578 g/mol. The summed E-state index contributed by atoms with van der Waals surface area (Å²) in [6.45, 7) is 2.11. The molecule has 1 nitrogen and oxygen atoms in total. The Morgan fingerprint density at radius 1 is 0.378 bits per heavy atom. The molecule has 8 rings (SSSR count). The number of hydrogen-bond donors (Lipinski definition) is 0. The summed E-state index contributed by atoms with van der Waals surface area (Å²) in [5.41, 5.74) is 12.7. The first-order chi connectivity index (χ1) is 22.2. The van der Waals surface area contributed by atoms with E-state index in [1.54, 1.807) is 0 Å². The molecule has 0 N–H and O–H groups in total. The normalized spacial score (nSPS) is 10.9. The lowest BCUT2D eigenvalue weighted by Crippen LogP contribution is -1.92. The second-order valence-corrected chi connectivity index (χ2v) is 11.5. The maximum absolute atomic E-state index is 2.36. The van der Waals surface area contributed by atoms with Crippen molar-refractivity contribution < 1.29 is 0 Å². The maximum Gasteiger partial charge on any atom is 0.0541 e. The summed E-state index contributed by atoms with van der Waals surface area (Å²) in [6.07, 6.45) is 0.963. The summed E-state index contributed by atoms with van der Waals surface area (Å²) in [5, 5.41) is 2.57. The number of hydrogen-bond acceptors (Lipinski definition) is 0. The zero-order chi connectivity index (χ0) is 30.4. The van der Waals surface area contributed by atoms with Gasteiger partial charge in [0.1, 0.15) is 0 Å². The van der Waals surface area contributed by atoms with Crippen LogP contribution in [-0.4, -0.2) is 4.57 Å². The van der Waals surface area contributed by atoms with Crippen molar-refractivity contribution >= 4 is 21.8 Å². The third-order valence-electron chi connectivity index (χ3n) is 8.38. The molecule has 0 spiro atoms. The van der Waals surface area contributed by atoms with E-state index in [4.69, 9.17) is 0 Å². The Morgan fingerprint density at radius 3 is 1.58 bits per heavy atom. The number of rotatable bonds is 5. The van der Waals surface area contributed by atoms with Crippen LogP contribution in [0.4, 0.5) is 0 Å². The number of fused-ring (bicyclic) bond motifs is 3. The zero-order valence-electron chi connectivity index (χ0n) is 25.5. The van der Waals surface area contributed by atoms with Gasteiger partial charge < -0.3 is 4.57 Å². The Kier molecular flexibility index (Phi) is 8.07. The third-order valence-corrected chi connectivity index (χ3v) is 8.38. The van der Waals surface area contributed by atoms with Crippen LogP contribution in [0.25, 0.3) is 49.7 Å². The summed E-state index contributed by atoms with van der Waals surface area (Å²) >= 11 is 0. The molecule has 1 aromatic heterocycles. The molecule has 0 atom stereocenters. The van der Waals surface area contributed by atoms with E-state index in [9.17, 15) is 0 Å². The van der Waals surface area contributed by atoms with Crippen LogP contribution in [0, 0.1) is 6.92 Å². The van der Waals surface area contributed by atoms with Gasteiger partial charge in [0.15, 0.2) is 0 Å². The van der Waals surface area contributed by atoms with Crippen molar-refractivity contribution in [3.05, 3.63) is 199 Å². The first kappa shape index (κ1) is 28.1. The molecule has 1 heteroatoms. The Morgan fingerprint density at radius 2 is 0.867 bits per heavy atom. The third kappa shape index (κ3) is 6.20. The molecule has 0 saturated heterocycles. The molecular formula is C44H35N. The highest BCUT2D eigenvalue weighted by Gasteiger charge is 2.12. The van der Waals surface area contributed by atoms with Gasteiger partial charge >= 0.3 is 0 Å². The van der Waals surface area contributed by atoms with Gasteiger partial charge in [-0.3, -0.25) is 0 Å². The average Bonchev–Trinajstić information content (AvgIpc) is 3.44. The van der Waals surface area contributed by atoms with Gasteiger partial charge in [-0.05, 0) is 77.1 Å². The van der Waals surface area contributed by atoms with Gasteiger partial charge in [-0.15, -0.1) is 0 Å². The number of aromatic nitrogens is 1. The van der Waals surface area contributed by atoms with Gasteiger partial charge in [0.05, 0.1) is 11.0 Å². The van der Waals surface area contributed by atoms with Crippen molar-refractivity contribution in [1.29, 1.82) is 0 Å². The molecule has 0 bridgehead atoms. The van der Waals surface area contributed by atoms with Crippen LogP contribution in [-0.2, 0) is 6.42 Å². The second-order valence-electron chi connectivity index (χ2n) is 11.5. The lowest BCUT2D eigenvalue weighted by atomic mass is 9.99. The molecule has 1 heterocycles. The van der Waals surface area contributed by atoms with Gasteiger partial charge in [0, 0.05) is 16.5 Å². The Balaban J connectivity index is 0.000000209. The molecule has 216 valence electrons. The minimum absolute atomic E-state index is 0.963. The molecule has 0 fully saturated rings. The predicted molar refractivity (Wildman–Crippen MR) is 192 cm³/mol. The predicted octanol–water partition coefficient (Wildman–Crippen LogP) is 11.7. The largest absolute Gasteiger partial charge is 0.309 e. The quantitative estimate of drug-likeness (QED) is 0.192. The molecule has 0 aliphatic heterocycles. The molecule has 0 saturated carbocycles. The van der Waals surface area contributed by atoms with Crippen LogP contribution < -0.4 is 0 Å². The van der Waals surface area contributed by atoms with E-state index < -0.39 is 0 Å². The fourth-order valence-electron chi connectivity index (χ4n) is 6.03. The van der Waals surface area contributed by atoms with Gasteiger partial charge in [0.25, 0.3) is 0 Å².